The number of nitrogens with zero attached hydrogens (tertiary/aromatic N) is 1. The largest absolute Gasteiger partial charge is 0.504 e. The van der Waals surface area contributed by atoms with Crippen LogP contribution in [0.5, 0.6) is 11.5 Å². The van der Waals surface area contributed by atoms with Crippen LogP contribution < -0.4 is 10.5 Å². The van der Waals surface area contributed by atoms with Gasteiger partial charge in [-0.1, -0.05) is 0 Å². The van der Waals surface area contributed by atoms with E-state index in [4.69, 9.17) is 20.8 Å². The smallest absolute Gasteiger partial charge is 0.162 e. The molecule has 1 unspecified atom stereocenters. The van der Waals surface area contributed by atoms with Gasteiger partial charge >= 0.3 is 0 Å². The molecule has 0 fully saturated rings. The van der Waals surface area contributed by atoms with E-state index in [0.29, 0.717) is 11.1 Å². The Bertz CT molecular complexity index is 398. The van der Waals surface area contributed by atoms with Gasteiger partial charge in [0.25, 0.3) is 0 Å². The number of phenolic OH excluding ortho intramolecular Hbond substituents is 1. The molecule has 1 aromatic rings. The molecular weight excluding hydrogens is 196 g/mol. The predicted octanol–water partition coefficient (Wildman–Crippen LogP) is 0.265. The molecule has 5 nitrogen and oxygen atoms in total. The highest BCUT2D eigenvalue weighted by Crippen LogP contribution is 2.34. The van der Waals surface area contributed by atoms with Gasteiger partial charge < -0.3 is 20.7 Å². The maximum absolute atomic E-state index is 9.68. The molecule has 0 radical (unpaired) electrons. The van der Waals surface area contributed by atoms with Crippen LogP contribution in [-0.2, 0) is 0 Å². The highest BCUT2D eigenvalue weighted by Gasteiger charge is 2.15. The van der Waals surface area contributed by atoms with Crippen molar-refractivity contribution in [1.82, 2.24) is 0 Å². The molecule has 0 heterocycles. The maximum Gasteiger partial charge on any atom is 0.162 e. The number of methoxy groups -OCH3 is 1. The van der Waals surface area contributed by atoms with Crippen molar-refractivity contribution in [2.45, 2.75) is 6.04 Å². The summed E-state index contributed by atoms with van der Waals surface area (Å²) in [5.41, 5.74) is 6.19. The van der Waals surface area contributed by atoms with E-state index in [1.165, 1.54) is 19.2 Å². The van der Waals surface area contributed by atoms with E-state index >= 15 is 0 Å². The van der Waals surface area contributed by atoms with Crippen LogP contribution >= 0.6 is 0 Å². The third kappa shape index (κ3) is 2.18. The second kappa shape index (κ2) is 4.64. The van der Waals surface area contributed by atoms with Crippen LogP contribution in [-0.4, -0.2) is 23.9 Å². The zero-order valence-corrected chi connectivity index (χ0v) is 8.27. The molecule has 0 spiro atoms. The molecule has 80 valence electrons. The SMILES string of the molecule is COc1cc(C#N)cc(C(N)CO)c1O. The minimum atomic E-state index is -0.729. The van der Waals surface area contributed by atoms with E-state index in [0.717, 1.165) is 0 Å². The fourth-order valence-electron chi connectivity index (χ4n) is 1.23. The Morgan fingerprint density at radius 2 is 2.27 bits per heavy atom. The van der Waals surface area contributed by atoms with Crippen LogP contribution in [0.25, 0.3) is 0 Å². The van der Waals surface area contributed by atoms with Gasteiger partial charge in [-0.25, -0.2) is 0 Å². The molecule has 0 aromatic heterocycles. The Morgan fingerprint density at radius 3 is 2.73 bits per heavy atom. The number of rotatable bonds is 3. The number of aliphatic hydroxyl groups is 1. The van der Waals surface area contributed by atoms with Crippen LogP contribution in [0.1, 0.15) is 17.2 Å². The van der Waals surface area contributed by atoms with E-state index in [2.05, 4.69) is 0 Å². The second-order valence-corrected chi connectivity index (χ2v) is 3.02. The van der Waals surface area contributed by atoms with Crippen molar-refractivity contribution < 1.29 is 14.9 Å². The van der Waals surface area contributed by atoms with Crippen molar-refractivity contribution in [3.8, 4) is 17.6 Å². The molecule has 5 heteroatoms. The molecule has 1 atom stereocenters. The minimum absolute atomic E-state index is 0.141. The predicted molar refractivity (Wildman–Crippen MR) is 53.4 cm³/mol. The number of aliphatic hydroxyl groups excluding tert-OH is 1. The number of hydrogen-bond donors (Lipinski definition) is 3. The molecule has 0 aliphatic heterocycles. The van der Waals surface area contributed by atoms with Gasteiger partial charge in [-0.3, -0.25) is 0 Å². The van der Waals surface area contributed by atoms with Crippen LogP contribution in [0.2, 0.25) is 0 Å². The minimum Gasteiger partial charge on any atom is -0.504 e. The summed E-state index contributed by atoms with van der Waals surface area (Å²) in [5, 5.41) is 27.3. The summed E-state index contributed by atoms with van der Waals surface area (Å²) in [6, 6.07) is 4.03. The van der Waals surface area contributed by atoms with E-state index in [1.807, 2.05) is 6.07 Å². The Balaban J connectivity index is 3.31. The molecule has 0 bridgehead atoms. The Hall–Kier alpha value is -1.77. The summed E-state index contributed by atoms with van der Waals surface area (Å²) in [6.45, 7) is -0.314. The summed E-state index contributed by atoms with van der Waals surface area (Å²) in [7, 11) is 1.38. The Kier molecular flexibility index (Phi) is 3.50. The van der Waals surface area contributed by atoms with Crippen molar-refractivity contribution in [3.63, 3.8) is 0 Å². The van der Waals surface area contributed by atoms with Crippen molar-refractivity contribution in [2.75, 3.05) is 13.7 Å². The first-order chi connectivity index (χ1) is 7.13. The number of hydrogen-bond acceptors (Lipinski definition) is 5. The van der Waals surface area contributed by atoms with E-state index in [-0.39, 0.29) is 18.1 Å². The van der Waals surface area contributed by atoms with Gasteiger partial charge in [0.1, 0.15) is 0 Å². The lowest BCUT2D eigenvalue weighted by atomic mass is 10.0. The quantitative estimate of drug-likeness (QED) is 0.661. The second-order valence-electron chi connectivity index (χ2n) is 3.02. The zero-order valence-electron chi connectivity index (χ0n) is 8.27. The lowest BCUT2D eigenvalue weighted by Gasteiger charge is -2.13. The van der Waals surface area contributed by atoms with Crippen LogP contribution in [0.3, 0.4) is 0 Å². The lowest BCUT2D eigenvalue weighted by Crippen LogP contribution is -2.15. The van der Waals surface area contributed by atoms with Gasteiger partial charge in [0.2, 0.25) is 0 Å². The maximum atomic E-state index is 9.68. The lowest BCUT2D eigenvalue weighted by molar-refractivity contribution is 0.264. The monoisotopic (exact) mass is 208 g/mol. The number of nitriles is 1. The average Bonchev–Trinajstić information content (AvgIpc) is 2.28. The molecule has 15 heavy (non-hydrogen) atoms. The molecule has 0 saturated heterocycles. The molecule has 4 N–H and O–H groups in total. The molecule has 0 aliphatic carbocycles. The summed E-state index contributed by atoms with van der Waals surface area (Å²) in [5.74, 6) is 0.0333. The average molecular weight is 208 g/mol. The topological polar surface area (TPSA) is 99.5 Å². The molecule has 1 rings (SSSR count). The normalized spacial score (nSPS) is 11.9. The van der Waals surface area contributed by atoms with Crippen molar-refractivity contribution in [3.05, 3.63) is 23.3 Å². The third-order valence-electron chi connectivity index (χ3n) is 2.05. The van der Waals surface area contributed by atoms with Crippen molar-refractivity contribution in [1.29, 1.82) is 5.26 Å². The summed E-state index contributed by atoms with van der Waals surface area (Å²) >= 11 is 0. The van der Waals surface area contributed by atoms with Gasteiger partial charge in [0.05, 0.1) is 31.4 Å². The first-order valence-corrected chi connectivity index (χ1v) is 4.31. The first-order valence-electron chi connectivity index (χ1n) is 4.31. The number of aromatic hydroxyl groups is 1. The van der Waals surface area contributed by atoms with E-state index in [9.17, 15) is 5.11 Å². The van der Waals surface area contributed by atoms with E-state index < -0.39 is 6.04 Å². The fourth-order valence-corrected chi connectivity index (χ4v) is 1.23. The summed E-state index contributed by atoms with van der Waals surface area (Å²) in [4.78, 5) is 0. The standard InChI is InChI=1S/C10H12N2O3/c1-15-9-3-6(4-11)2-7(10(9)14)8(12)5-13/h2-3,8,13-14H,5,12H2,1H3. The highest BCUT2D eigenvalue weighted by molar-refractivity contribution is 5.52. The zero-order chi connectivity index (χ0) is 11.4. The van der Waals surface area contributed by atoms with Gasteiger partial charge in [-0.05, 0) is 6.07 Å². The Morgan fingerprint density at radius 1 is 1.60 bits per heavy atom. The fraction of sp³-hybridized carbons (Fsp3) is 0.300. The van der Waals surface area contributed by atoms with Crippen LogP contribution in [0.15, 0.2) is 12.1 Å². The van der Waals surface area contributed by atoms with Crippen molar-refractivity contribution >= 4 is 0 Å². The van der Waals surface area contributed by atoms with E-state index in [1.54, 1.807) is 0 Å². The number of nitrogens with two attached hydrogens (primary N) is 1. The number of benzene rings is 1. The molecule has 1 aromatic carbocycles. The van der Waals surface area contributed by atoms with Gasteiger partial charge in [0.15, 0.2) is 11.5 Å². The summed E-state index contributed by atoms with van der Waals surface area (Å²) < 4.78 is 4.88. The van der Waals surface area contributed by atoms with Crippen LogP contribution in [0.4, 0.5) is 0 Å². The highest BCUT2D eigenvalue weighted by atomic mass is 16.5. The molecule has 0 saturated carbocycles. The number of phenols is 1. The van der Waals surface area contributed by atoms with Crippen molar-refractivity contribution in [2.24, 2.45) is 5.73 Å². The van der Waals surface area contributed by atoms with Crippen LogP contribution in [0, 0.1) is 11.3 Å². The summed E-state index contributed by atoms with van der Waals surface area (Å²) in [6.07, 6.45) is 0. The third-order valence-corrected chi connectivity index (χ3v) is 2.05. The molecular formula is C10H12N2O3. The Labute approximate surface area is 87.3 Å². The van der Waals surface area contributed by atoms with Gasteiger partial charge in [-0.2, -0.15) is 5.26 Å². The molecule has 0 aliphatic rings. The van der Waals surface area contributed by atoms with Gasteiger partial charge in [0, 0.05) is 11.6 Å². The molecule has 0 amide bonds. The van der Waals surface area contributed by atoms with Gasteiger partial charge in [-0.15, -0.1) is 0 Å². The number of ether oxygens (including phenoxy) is 1. The first kappa shape index (κ1) is 11.3.